The average molecular weight is 319 g/mol. The Morgan fingerprint density at radius 3 is 2.61 bits per heavy atom. The zero-order valence-electron chi connectivity index (χ0n) is 13.5. The van der Waals surface area contributed by atoms with Crippen LogP contribution in [0.1, 0.15) is 55.8 Å². The molecule has 1 aromatic rings. The Hall–Kier alpha value is -1.89. The van der Waals surface area contributed by atoms with Gasteiger partial charge >= 0.3 is 0 Å². The molecule has 2 fully saturated rings. The maximum Gasteiger partial charge on any atom is 0.254 e. The number of hydrogen-bond donors (Lipinski definition) is 4. The van der Waals surface area contributed by atoms with Gasteiger partial charge in [0.25, 0.3) is 5.91 Å². The Kier molecular flexibility index (Phi) is 4.66. The van der Waals surface area contributed by atoms with Gasteiger partial charge in [0.1, 0.15) is 5.82 Å². The molecule has 2 aliphatic carbocycles. The number of carbonyl (C=O) groups is 1. The second-order valence-electron chi connectivity index (χ2n) is 6.74. The molecule has 1 atom stereocenters. The largest absolute Gasteiger partial charge is 0.393 e. The van der Waals surface area contributed by atoms with Crippen LogP contribution in [0.25, 0.3) is 0 Å². The number of nitrogens with zero attached hydrogens (tertiary/aromatic N) is 2. The van der Waals surface area contributed by atoms with Crippen LogP contribution in [0.15, 0.2) is 6.20 Å². The van der Waals surface area contributed by atoms with Crippen molar-refractivity contribution in [2.75, 3.05) is 10.6 Å². The summed E-state index contributed by atoms with van der Waals surface area (Å²) in [6, 6.07) is 0.521. The van der Waals surface area contributed by atoms with E-state index in [2.05, 4.69) is 27.5 Å². The summed E-state index contributed by atoms with van der Waals surface area (Å²) >= 11 is 0. The monoisotopic (exact) mass is 319 g/mol. The van der Waals surface area contributed by atoms with Gasteiger partial charge in [-0.05, 0) is 51.4 Å². The van der Waals surface area contributed by atoms with Crippen LogP contribution >= 0.6 is 0 Å². The molecular weight excluding hydrogens is 294 g/mol. The molecule has 0 spiro atoms. The third-order valence-electron chi connectivity index (χ3n) is 4.78. The van der Waals surface area contributed by atoms with E-state index in [1.165, 1.54) is 19.0 Å². The smallest absolute Gasteiger partial charge is 0.254 e. The lowest BCUT2D eigenvalue weighted by Gasteiger charge is -2.26. The quantitative estimate of drug-likeness (QED) is 0.632. The number of aliphatic hydroxyl groups is 1. The first kappa shape index (κ1) is 16.0. The fourth-order valence-electron chi connectivity index (χ4n) is 3.07. The van der Waals surface area contributed by atoms with E-state index in [0.717, 1.165) is 25.7 Å². The van der Waals surface area contributed by atoms with Crippen molar-refractivity contribution in [3.63, 3.8) is 0 Å². The molecule has 2 aliphatic rings. The average Bonchev–Trinajstić information content (AvgIpc) is 3.34. The third kappa shape index (κ3) is 4.10. The lowest BCUT2D eigenvalue weighted by molar-refractivity contribution is 0.1000. The first-order valence-corrected chi connectivity index (χ1v) is 8.41. The summed E-state index contributed by atoms with van der Waals surface area (Å²) in [5, 5.41) is 16.2. The minimum atomic E-state index is -0.525. The fourth-order valence-corrected chi connectivity index (χ4v) is 3.07. The molecule has 0 saturated heterocycles. The standard InChI is InChI=1S/C16H25N5O2/c1-9(10-2-3-10)19-15-13(14(17)23)8-18-16(21-15)20-11-4-6-12(22)7-5-11/h8-12,22H,2-7H2,1H3,(H2,17,23)(H2,18,19,20,21)/t9-,11?,12?/m1/s1. The van der Waals surface area contributed by atoms with Gasteiger partial charge in [0.05, 0.1) is 11.7 Å². The molecule has 0 unspecified atom stereocenters. The van der Waals surface area contributed by atoms with Gasteiger partial charge in [-0.1, -0.05) is 0 Å². The highest BCUT2D eigenvalue weighted by Gasteiger charge is 2.29. The second kappa shape index (κ2) is 6.70. The van der Waals surface area contributed by atoms with Crippen molar-refractivity contribution >= 4 is 17.7 Å². The minimum absolute atomic E-state index is 0.192. The van der Waals surface area contributed by atoms with Gasteiger partial charge in [-0.15, -0.1) is 0 Å². The highest BCUT2D eigenvalue weighted by Crippen LogP contribution is 2.34. The topological polar surface area (TPSA) is 113 Å². The van der Waals surface area contributed by atoms with Crippen molar-refractivity contribution in [1.82, 2.24) is 9.97 Å². The van der Waals surface area contributed by atoms with E-state index in [9.17, 15) is 9.90 Å². The van der Waals surface area contributed by atoms with Gasteiger partial charge in [-0.3, -0.25) is 4.79 Å². The van der Waals surface area contributed by atoms with E-state index >= 15 is 0 Å². The van der Waals surface area contributed by atoms with E-state index in [1.807, 2.05) is 0 Å². The van der Waals surface area contributed by atoms with Crippen LogP contribution in [0.2, 0.25) is 0 Å². The van der Waals surface area contributed by atoms with E-state index in [0.29, 0.717) is 23.2 Å². The Morgan fingerprint density at radius 1 is 1.30 bits per heavy atom. The number of rotatable bonds is 6. The Balaban J connectivity index is 1.71. The SMILES string of the molecule is C[C@@H](Nc1nc(NC2CCC(O)CC2)ncc1C(N)=O)C1CC1. The first-order chi connectivity index (χ1) is 11.0. The second-order valence-corrected chi connectivity index (χ2v) is 6.74. The molecular formula is C16H25N5O2. The van der Waals surface area contributed by atoms with Crippen molar-refractivity contribution in [1.29, 1.82) is 0 Å². The van der Waals surface area contributed by atoms with Crippen molar-refractivity contribution < 1.29 is 9.90 Å². The Bertz CT molecular complexity index is 568. The number of aromatic nitrogens is 2. The molecule has 7 heteroatoms. The van der Waals surface area contributed by atoms with Crippen molar-refractivity contribution in [2.24, 2.45) is 11.7 Å². The summed E-state index contributed by atoms with van der Waals surface area (Å²) in [5.41, 5.74) is 5.75. The van der Waals surface area contributed by atoms with E-state index in [1.54, 1.807) is 0 Å². The summed E-state index contributed by atoms with van der Waals surface area (Å²) < 4.78 is 0. The van der Waals surface area contributed by atoms with Crippen molar-refractivity contribution in [2.45, 2.75) is 63.6 Å². The first-order valence-electron chi connectivity index (χ1n) is 8.41. The van der Waals surface area contributed by atoms with E-state index in [4.69, 9.17) is 5.73 Å². The highest BCUT2D eigenvalue weighted by molar-refractivity contribution is 5.97. The molecule has 0 radical (unpaired) electrons. The molecule has 2 saturated carbocycles. The number of anilines is 2. The summed E-state index contributed by atoms with van der Waals surface area (Å²) in [7, 11) is 0. The number of nitrogens with two attached hydrogens (primary N) is 1. The number of amides is 1. The molecule has 0 aliphatic heterocycles. The summed E-state index contributed by atoms with van der Waals surface area (Å²) in [5.74, 6) is 1.12. The number of hydrogen-bond acceptors (Lipinski definition) is 6. The van der Waals surface area contributed by atoms with Gasteiger partial charge in [-0.25, -0.2) is 4.98 Å². The molecule has 7 nitrogen and oxygen atoms in total. The van der Waals surface area contributed by atoms with Crippen LogP contribution in [0, 0.1) is 5.92 Å². The Morgan fingerprint density at radius 2 is 2.00 bits per heavy atom. The van der Waals surface area contributed by atoms with Gasteiger partial charge in [0.2, 0.25) is 5.95 Å². The lowest BCUT2D eigenvalue weighted by atomic mass is 9.93. The minimum Gasteiger partial charge on any atom is -0.393 e. The van der Waals surface area contributed by atoms with Gasteiger partial charge in [0.15, 0.2) is 0 Å². The maximum absolute atomic E-state index is 11.6. The van der Waals surface area contributed by atoms with E-state index in [-0.39, 0.29) is 18.2 Å². The molecule has 126 valence electrons. The fraction of sp³-hybridized carbons (Fsp3) is 0.688. The summed E-state index contributed by atoms with van der Waals surface area (Å²) in [6.07, 6.45) is 7.08. The van der Waals surface area contributed by atoms with Crippen LogP contribution in [0.5, 0.6) is 0 Å². The third-order valence-corrected chi connectivity index (χ3v) is 4.78. The number of carbonyl (C=O) groups excluding carboxylic acids is 1. The molecule has 1 heterocycles. The molecule has 0 aromatic carbocycles. The normalized spacial score (nSPS) is 25.7. The van der Waals surface area contributed by atoms with Crippen LogP contribution in [0.3, 0.4) is 0 Å². The Labute approximate surface area is 136 Å². The summed E-state index contributed by atoms with van der Waals surface area (Å²) in [6.45, 7) is 2.10. The summed E-state index contributed by atoms with van der Waals surface area (Å²) in [4.78, 5) is 20.3. The van der Waals surface area contributed by atoms with Gasteiger partial charge in [0, 0.05) is 18.3 Å². The van der Waals surface area contributed by atoms with E-state index < -0.39 is 5.91 Å². The number of primary amides is 1. The van der Waals surface area contributed by atoms with Gasteiger partial charge < -0.3 is 21.5 Å². The molecule has 1 aromatic heterocycles. The van der Waals surface area contributed by atoms with Gasteiger partial charge in [-0.2, -0.15) is 4.98 Å². The maximum atomic E-state index is 11.6. The van der Waals surface area contributed by atoms with Crippen molar-refractivity contribution in [3.05, 3.63) is 11.8 Å². The van der Waals surface area contributed by atoms with Crippen LogP contribution in [0.4, 0.5) is 11.8 Å². The molecule has 5 N–H and O–H groups in total. The highest BCUT2D eigenvalue weighted by atomic mass is 16.3. The van der Waals surface area contributed by atoms with Crippen molar-refractivity contribution in [3.8, 4) is 0 Å². The lowest BCUT2D eigenvalue weighted by Crippen LogP contribution is -2.29. The predicted octanol–water partition coefficient (Wildman–Crippen LogP) is 1.50. The molecule has 3 rings (SSSR count). The van der Waals surface area contributed by atoms with Crippen LogP contribution in [-0.4, -0.2) is 39.2 Å². The molecule has 1 amide bonds. The number of aliphatic hydroxyl groups excluding tert-OH is 1. The predicted molar refractivity (Wildman–Crippen MR) is 88.2 cm³/mol. The molecule has 23 heavy (non-hydrogen) atoms. The van der Waals surface area contributed by atoms with Crippen LogP contribution < -0.4 is 16.4 Å². The zero-order chi connectivity index (χ0) is 16.4. The van der Waals surface area contributed by atoms with Crippen LogP contribution in [-0.2, 0) is 0 Å². The molecule has 0 bridgehead atoms. The zero-order valence-corrected chi connectivity index (χ0v) is 13.5. The number of nitrogens with one attached hydrogen (secondary N) is 2.